The molecule has 0 unspecified atom stereocenters. The van der Waals surface area contributed by atoms with E-state index in [-0.39, 0.29) is 24.0 Å². The Kier molecular flexibility index (Phi) is 3.83. The summed E-state index contributed by atoms with van der Waals surface area (Å²) >= 11 is 0. The van der Waals surface area contributed by atoms with Gasteiger partial charge in [-0.2, -0.15) is 0 Å². The minimum Gasteiger partial charge on any atom is -0.406 e. The number of amides is 1. The summed E-state index contributed by atoms with van der Waals surface area (Å²) in [6.07, 6.45) is -4.48. The second-order valence-corrected chi connectivity index (χ2v) is 6.17. The molecule has 3 nitrogen and oxygen atoms in total. The van der Waals surface area contributed by atoms with E-state index < -0.39 is 6.36 Å². The van der Waals surface area contributed by atoms with Crippen LogP contribution in [0.2, 0.25) is 0 Å². The highest BCUT2D eigenvalue weighted by atomic mass is 19.4. The first kappa shape index (κ1) is 16.4. The van der Waals surface area contributed by atoms with Crippen molar-refractivity contribution in [2.45, 2.75) is 18.7 Å². The fourth-order valence-electron chi connectivity index (χ4n) is 3.40. The zero-order valence-corrected chi connectivity index (χ0v) is 13.5. The molecule has 0 bridgehead atoms. The molecule has 0 radical (unpaired) electrons. The molecule has 0 aromatic heterocycles. The number of nitrogens with one attached hydrogen (secondary N) is 1. The first-order valence-corrected chi connectivity index (χ1v) is 8.08. The normalized spacial score (nSPS) is 16.9. The molecule has 0 spiro atoms. The lowest BCUT2D eigenvalue weighted by atomic mass is 9.83. The molecular formula is C20H14F3NO2. The summed E-state index contributed by atoms with van der Waals surface area (Å²) in [6.45, 7) is 0. The molecule has 0 fully saturated rings. The summed E-state index contributed by atoms with van der Waals surface area (Å²) in [5, 5.41) is 4.89. The topological polar surface area (TPSA) is 38.3 Å². The smallest absolute Gasteiger partial charge is 0.406 e. The minimum atomic E-state index is -4.72. The van der Waals surface area contributed by atoms with Gasteiger partial charge >= 0.3 is 6.36 Å². The summed E-state index contributed by atoms with van der Waals surface area (Å²) < 4.78 is 40.9. The van der Waals surface area contributed by atoms with Crippen LogP contribution in [-0.2, 0) is 4.79 Å². The third kappa shape index (κ3) is 3.10. The molecule has 1 aliphatic rings. The van der Waals surface area contributed by atoms with E-state index in [1.165, 1.54) is 12.1 Å². The highest BCUT2D eigenvalue weighted by molar-refractivity contribution is 6.06. The summed E-state index contributed by atoms with van der Waals surface area (Å²) in [5.74, 6) is -0.613. The van der Waals surface area contributed by atoms with Crippen LogP contribution in [-0.4, -0.2) is 12.3 Å². The van der Waals surface area contributed by atoms with Gasteiger partial charge in [0.05, 0.1) is 5.69 Å². The van der Waals surface area contributed by atoms with E-state index in [9.17, 15) is 18.0 Å². The van der Waals surface area contributed by atoms with Crippen LogP contribution in [0.1, 0.15) is 23.5 Å². The van der Waals surface area contributed by atoms with Crippen molar-refractivity contribution in [3.63, 3.8) is 0 Å². The number of fused-ring (bicyclic) bond motifs is 3. The van der Waals surface area contributed by atoms with Gasteiger partial charge in [-0.25, -0.2) is 0 Å². The van der Waals surface area contributed by atoms with Crippen LogP contribution in [0.15, 0.2) is 60.7 Å². The van der Waals surface area contributed by atoms with Gasteiger partial charge in [-0.1, -0.05) is 48.5 Å². The van der Waals surface area contributed by atoms with Crippen LogP contribution in [0.25, 0.3) is 10.8 Å². The quantitative estimate of drug-likeness (QED) is 0.683. The third-order valence-corrected chi connectivity index (χ3v) is 4.51. The van der Waals surface area contributed by atoms with E-state index >= 15 is 0 Å². The van der Waals surface area contributed by atoms with Gasteiger partial charge < -0.3 is 10.1 Å². The number of benzene rings is 3. The predicted octanol–water partition coefficient (Wildman–Crippen LogP) is 5.21. The lowest BCUT2D eigenvalue weighted by Gasteiger charge is -2.27. The number of ether oxygens (including phenoxy) is 1. The zero-order chi connectivity index (χ0) is 18.3. The predicted molar refractivity (Wildman–Crippen MR) is 92.2 cm³/mol. The fraction of sp³-hybridized carbons (Fsp3) is 0.150. The molecule has 4 rings (SSSR count). The molecule has 1 N–H and O–H groups in total. The first-order chi connectivity index (χ1) is 12.4. The highest BCUT2D eigenvalue weighted by Crippen LogP contribution is 2.41. The molecule has 1 amide bonds. The molecule has 3 aromatic carbocycles. The summed E-state index contributed by atoms with van der Waals surface area (Å²) in [7, 11) is 0. The van der Waals surface area contributed by atoms with Crippen molar-refractivity contribution < 1.29 is 22.7 Å². The van der Waals surface area contributed by atoms with Gasteiger partial charge in [-0.15, -0.1) is 13.2 Å². The lowest BCUT2D eigenvalue weighted by molar-refractivity contribution is -0.274. The Balaban J connectivity index is 1.74. The van der Waals surface area contributed by atoms with Gasteiger partial charge in [0.25, 0.3) is 0 Å². The van der Waals surface area contributed by atoms with Crippen molar-refractivity contribution >= 4 is 22.4 Å². The van der Waals surface area contributed by atoms with Crippen molar-refractivity contribution in [1.29, 1.82) is 0 Å². The molecule has 26 heavy (non-hydrogen) atoms. The van der Waals surface area contributed by atoms with Gasteiger partial charge in [-0.3, -0.25) is 4.79 Å². The van der Waals surface area contributed by atoms with Gasteiger partial charge in [0, 0.05) is 17.7 Å². The van der Waals surface area contributed by atoms with Crippen molar-refractivity contribution in [2.24, 2.45) is 0 Å². The summed E-state index contributed by atoms with van der Waals surface area (Å²) in [6, 6.07) is 17.4. The molecule has 1 heterocycles. The average Bonchev–Trinajstić information content (AvgIpc) is 2.60. The number of carbonyl (C=O) groups is 1. The molecular weight excluding hydrogens is 343 g/mol. The number of rotatable bonds is 2. The highest BCUT2D eigenvalue weighted by Gasteiger charge is 2.31. The van der Waals surface area contributed by atoms with E-state index in [4.69, 9.17) is 0 Å². The Hall–Kier alpha value is -3.02. The first-order valence-electron chi connectivity index (χ1n) is 8.08. The average molecular weight is 357 g/mol. The van der Waals surface area contributed by atoms with Crippen LogP contribution < -0.4 is 10.1 Å². The summed E-state index contributed by atoms with van der Waals surface area (Å²) in [5.41, 5.74) is 2.48. The zero-order valence-electron chi connectivity index (χ0n) is 13.5. The Labute approximate surface area is 147 Å². The number of carbonyl (C=O) groups excluding carboxylic acids is 1. The van der Waals surface area contributed by atoms with E-state index in [0.29, 0.717) is 0 Å². The molecule has 0 aliphatic carbocycles. The summed E-state index contributed by atoms with van der Waals surface area (Å²) in [4.78, 5) is 12.2. The number of halogens is 3. The molecule has 6 heteroatoms. The van der Waals surface area contributed by atoms with Gasteiger partial charge in [0.1, 0.15) is 5.75 Å². The molecule has 0 saturated carbocycles. The van der Waals surface area contributed by atoms with Crippen molar-refractivity contribution in [3.8, 4) is 5.75 Å². The molecule has 1 aliphatic heterocycles. The van der Waals surface area contributed by atoms with Gasteiger partial charge in [-0.05, 0) is 28.6 Å². The number of alkyl halides is 3. The van der Waals surface area contributed by atoms with Gasteiger partial charge in [0.15, 0.2) is 0 Å². The van der Waals surface area contributed by atoms with E-state index in [0.717, 1.165) is 27.6 Å². The van der Waals surface area contributed by atoms with Crippen LogP contribution in [0, 0.1) is 0 Å². The second-order valence-electron chi connectivity index (χ2n) is 6.17. The maximum absolute atomic E-state index is 12.3. The van der Waals surface area contributed by atoms with Gasteiger partial charge in [0.2, 0.25) is 5.91 Å². The molecule has 3 aromatic rings. The fourth-order valence-corrected chi connectivity index (χ4v) is 3.40. The second kappa shape index (κ2) is 6.05. The molecule has 132 valence electrons. The minimum absolute atomic E-state index is 0.116. The Morgan fingerprint density at radius 2 is 1.69 bits per heavy atom. The van der Waals surface area contributed by atoms with E-state index in [1.54, 1.807) is 12.1 Å². The molecule has 0 saturated heterocycles. The number of hydrogen-bond acceptors (Lipinski definition) is 2. The number of anilines is 1. The van der Waals surface area contributed by atoms with Crippen LogP contribution in [0.4, 0.5) is 18.9 Å². The van der Waals surface area contributed by atoms with Crippen LogP contribution in [0.5, 0.6) is 5.75 Å². The maximum atomic E-state index is 12.3. The van der Waals surface area contributed by atoms with Crippen molar-refractivity contribution in [3.05, 3.63) is 71.8 Å². The Bertz CT molecular complexity index is 981. The largest absolute Gasteiger partial charge is 0.573 e. The maximum Gasteiger partial charge on any atom is 0.573 e. The van der Waals surface area contributed by atoms with Crippen LogP contribution >= 0.6 is 0 Å². The third-order valence-electron chi connectivity index (χ3n) is 4.51. The van der Waals surface area contributed by atoms with Crippen molar-refractivity contribution in [2.75, 3.05) is 5.32 Å². The standard InChI is InChI=1S/C20H14F3NO2/c21-20(22,23)26-14-8-5-13(6-9-14)17-11-18(25)24-19-15-4-2-1-3-12(15)7-10-16(17)19/h1-10,17H,11H2,(H,24,25)/t17-/m0/s1. The molecule has 1 atom stereocenters. The monoisotopic (exact) mass is 357 g/mol. The Morgan fingerprint density at radius 1 is 0.962 bits per heavy atom. The van der Waals surface area contributed by atoms with Crippen LogP contribution in [0.3, 0.4) is 0 Å². The lowest BCUT2D eigenvalue weighted by Crippen LogP contribution is -2.23. The van der Waals surface area contributed by atoms with E-state index in [2.05, 4.69) is 10.1 Å². The Morgan fingerprint density at radius 3 is 2.42 bits per heavy atom. The van der Waals surface area contributed by atoms with E-state index in [1.807, 2.05) is 36.4 Å². The SMILES string of the molecule is O=C1C[C@@H](c2ccc(OC(F)(F)F)cc2)c2ccc3ccccc3c2N1. The van der Waals surface area contributed by atoms with Crippen molar-refractivity contribution in [1.82, 2.24) is 0 Å². The number of hydrogen-bond donors (Lipinski definition) is 1.